The number of piperidine rings is 1. The number of hydrogen-bond acceptors (Lipinski definition) is 3. The van der Waals surface area contributed by atoms with Crippen LogP contribution in [0.15, 0.2) is 17.3 Å². The Morgan fingerprint density at radius 1 is 1.17 bits per heavy atom. The van der Waals surface area contributed by atoms with E-state index in [0.717, 1.165) is 24.7 Å². The molecule has 0 aromatic carbocycles. The third-order valence-electron chi connectivity index (χ3n) is 4.56. The summed E-state index contributed by atoms with van der Waals surface area (Å²) in [4.78, 5) is 7.25. The van der Waals surface area contributed by atoms with Crippen molar-refractivity contribution in [3.8, 4) is 0 Å². The largest absolute Gasteiger partial charge is 0.357 e. The first-order valence-electron chi connectivity index (χ1n) is 9.51. The van der Waals surface area contributed by atoms with Crippen LogP contribution in [0.5, 0.6) is 0 Å². The van der Waals surface area contributed by atoms with Crippen molar-refractivity contribution in [2.24, 2.45) is 12.0 Å². The predicted octanol–water partition coefficient (Wildman–Crippen LogP) is 2.13. The van der Waals surface area contributed by atoms with Gasteiger partial charge in [0, 0.05) is 26.3 Å². The first-order chi connectivity index (χ1) is 11.8. The van der Waals surface area contributed by atoms with Crippen LogP contribution in [0.25, 0.3) is 0 Å². The van der Waals surface area contributed by atoms with E-state index in [1.165, 1.54) is 58.2 Å². The molecule has 6 heteroatoms. The molecule has 1 fully saturated rings. The Morgan fingerprint density at radius 3 is 2.71 bits per heavy atom. The molecule has 0 aliphatic carbocycles. The van der Waals surface area contributed by atoms with Crippen LogP contribution in [0.3, 0.4) is 0 Å². The normalized spacial score (nSPS) is 16.3. The molecule has 2 rings (SSSR count). The zero-order chi connectivity index (χ0) is 17.0. The maximum atomic E-state index is 4.63. The third-order valence-corrected chi connectivity index (χ3v) is 4.56. The average molecular weight is 335 g/mol. The summed E-state index contributed by atoms with van der Waals surface area (Å²) in [5.41, 5.74) is 1.12. The van der Waals surface area contributed by atoms with E-state index in [2.05, 4.69) is 32.5 Å². The minimum absolute atomic E-state index is 0.654. The van der Waals surface area contributed by atoms with Crippen LogP contribution in [0.2, 0.25) is 0 Å². The highest BCUT2D eigenvalue weighted by molar-refractivity contribution is 5.79. The summed E-state index contributed by atoms with van der Waals surface area (Å²) >= 11 is 0. The Kier molecular flexibility index (Phi) is 8.66. The zero-order valence-corrected chi connectivity index (χ0v) is 15.4. The van der Waals surface area contributed by atoms with E-state index >= 15 is 0 Å². The standard InChI is InChI=1S/C18H34N6/c1-3-19-18(21-16-17-10-12-22-23(17)2)20-11-6-4-7-13-24-14-8-5-9-15-24/h10,12H,3-9,11,13-16H2,1-2H3,(H2,19,20,21). The second kappa shape index (κ2) is 11.1. The van der Waals surface area contributed by atoms with Crippen molar-refractivity contribution in [2.75, 3.05) is 32.7 Å². The Morgan fingerprint density at radius 2 is 2.00 bits per heavy atom. The summed E-state index contributed by atoms with van der Waals surface area (Å²) in [5, 5.41) is 10.9. The molecule has 1 aliphatic rings. The molecule has 6 nitrogen and oxygen atoms in total. The van der Waals surface area contributed by atoms with Gasteiger partial charge in [-0.15, -0.1) is 0 Å². The van der Waals surface area contributed by atoms with Crippen molar-refractivity contribution in [3.63, 3.8) is 0 Å². The van der Waals surface area contributed by atoms with Crippen molar-refractivity contribution in [3.05, 3.63) is 18.0 Å². The highest BCUT2D eigenvalue weighted by atomic mass is 15.3. The van der Waals surface area contributed by atoms with Gasteiger partial charge in [0.1, 0.15) is 0 Å². The topological polar surface area (TPSA) is 57.5 Å². The van der Waals surface area contributed by atoms with Gasteiger partial charge in [-0.2, -0.15) is 5.10 Å². The van der Waals surface area contributed by atoms with Crippen LogP contribution in [-0.2, 0) is 13.6 Å². The van der Waals surface area contributed by atoms with Gasteiger partial charge in [0.15, 0.2) is 5.96 Å². The van der Waals surface area contributed by atoms with Crippen LogP contribution in [-0.4, -0.2) is 53.4 Å². The lowest BCUT2D eigenvalue weighted by Crippen LogP contribution is -2.37. The van der Waals surface area contributed by atoms with E-state index in [1.807, 2.05) is 24.0 Å². The lowest BCUT2D eigenvalue weighted by molar-refractivity contribution is 0.224. The van der Waals surface area contributed by atoms with Crippen LogP contribution >= 0.6 is 0 Å². The summed E-state index contributed by atoms with van der Waals surface area (Å²) in [5.74, 6) is 0.898. The number of aromatic nitrogens is 2. The van der Waals surface area contributed by atoms with E-state index in [0.29, 0.717) is 6.54 Å². The Balaban J connectivity index is 1.59. The van der Waals surface area contributed by atoms with Gasteiger partial charge in [-0.25, -0.2) is 4.99 Å². The van der Waals surface area contributed by atoms with Crippen LogP contribution in [0, 0.1) is 0 Å². The molecule has 0 atom stereocenters. The Labute approximate surface area is 146 Å². The quantitative estimate of drug-likeness (QED) is 0.413. The van der Waals surface area contributed by atoms with Crippen LogP contribution < -0.4 is 10.6 Å². The van der Waals surface area contributed by atoms with Gasteiger partial charge in [-0.1, -0.05) is 12.8 Å². The summed E-state index contributed by atoms with van der Waals surface area (Å²) in [6.45, 7) is 8.51. The fourth-order valence-corrected chi connectivity index (χ4v) is 3.09. The van der Waals surface area contributed by atoms with E-state index < -0.39 is 0 Å². The molecule has 1 aromatic heterocycles. The number of unbranched alkanes of at least 4 members (excludes halogenated alkanes) is 2. The predicted molar refractivity (Wildman–Crippen MR) is 100 cm³/mol. The molecule has 0 amide bonds. The first-order valence-corrected chi connectivity index (χ1v) is 9.51. The number of rotatable bonds is 9. The smallest absolute Gasteiger partial charge is 0.191 e. The minimum atomic E-state index is 0.654. The fourth-order valence-electron chi connectivity index (χ4n) is 3.09. The van der Waals surface area contributed by atoms with E-state index in [9.17, 15) is 0 Å². The van der Waals surface area contributed by atoms with Gasteiger partial charge in [0.2, 0.25) is 0 Å². The molecule has 2 heterocycles. The average Bonchev–Trinajstić information content (AvgIpc) is 3.01. The number of guanidine groups is 1. The third kappa shape index (κ3) is 6.91. The molecule has 0 spiro atoms. The monoisotopic (exact) mass is 334 g/mol. The molecular formula is C18H34N6. The molecule has 0 unspecified atom stereocenters. The molecule has 0 radical (unpaired) electrons. The number of nitrogens with zero attached hydrogens (tertiary/aromatic N) is 4. The van der Waals surface area contributed by atoms with Crippen molar-refractivity contribution < 1.29 is 0 Å². The molecule has 1 aromatic rings. The summed E-state index contributed by atoms with van der Waals surface area (Å²) < 4.78 is 1.87. The lowest BCUT2D eigenvalue weighted by atomic mass is 10.1. The van der Waals surface area contributed by atoms with E-state index in [-0.39, 0.29) is 0 Å². The maximum absolute atomic E-state index is 4.63. The first kappa shape index (κ1) is 18.8. The number of nitrogens with one attached hydrogen (secondary N) is 2. The summed E-state index contributed by atoms with van der Waals surface area (Å²) in [6, 6.07) is 2.01. The second-order valence-corrected chi connectivity index (χ2v) is 6.53. The minimum Gasteiger partial charge on any atom is -0.357 e. The molecular weight excluding hydrogens is 300 g/mol. The van der Waals surface area contributed by atoms with Crippen LogP contribution in [0.4, 0.5) is 0 Å². The second-order valence-electron chi connectivity index (χ2n) is 6.53. The van der Waals surface area contributed by atoms with Gasteiger partial charge in [0.25, 0.3) is 0 Å². The summed E-state index contributed by atoms with van der Waals surface area (Å²) in [7, 11) is 1.95. The maximum Gasteiger partial charge on any atom is 0.191 e. The molecule has 1 aliphatic heterocycles. The van der Waals surface area contributed by atoms with Crippen molar-refractivity contribution in [1.82, 2.24) is 25.3 Å². The summed E-state index contributed by atoms with van der Waals surface area (Å²) in [6.07, 6.45) is 9.81. The van der Waals surface area contributed by atoms with Gasteiger partial charge in [-0.05, 0) is 58.3 Å². The van der Waals surface area contributed by atoms with E-state index in [1.54, 1.807) is 0 Å². The molecule has 2 N–H and O–H groups in total. The van der Waals surface area contributed by atoms with Gasteiger partial charge in [0.05, 0.1) is 12.2 Å². The van der Waals surface area contributed by atoms with Gasteiger partial charge in [-0.3, -0.25) is 4.68 Å². The molecule has 136 valence electrons. The van der Waals surface area contributed by atoms with Gasteiger partial charge < -0.3 is 15.5 Å². The number of likely N-dealkylation sites (tertiary alicyclic amines) is 1. The van der Waals surface area contributed by atoms with Crippen LogP contribution in [0.1, 0.15) is 51.1 Å². The Hall–Kier alpha value is -1.56. The Bertz CT molecular complexity index is 476. The van der Waals surface area contributed by atoms with E-state index in [4.69, 9.17) is 0 Å². The number of aryl methyl sites for hydroxylation is 1. The van der Waals surface area contributed by atoms with Crippen molar-refractivity contribution in [1.29, 1.82) is 0 Å². The SMILES string of the molecule is CCNC(=NCc1ccnn1C)NCCCCCN1CCCCC1. The highest BCUT2D eigenvalue weighted by Crippen LogP contribution is 2.09. The lowest BCUT2D eigenvalue weighted by Gasteiger charge is -2.26. The van der Waals surface area contributed by atoms with Gasteiger partial charge >= 0.3 is 0 Å². The number of hydrogen-bond donors (Lipinski definition) is 2. The molecule has 0 saturated carbocycles. The molecule has 1 saturated heterocycles. The fraction of sp³-hybridized carbons (Fsp3) is 0.778. The zero-order valence-electron chi connectivity index (χ0n) is 15.4. The van der Waals surface area contributed by atoms with Crippen molar-refractivity contribution in [2.45, 2.75) is 52.0 Å². The van der Waals surface area contributed by atoms with Crippen molar-refractivity contribution >= 4 is 5.96 Å². The molecule has 24 heavy (non-hydrogen) atoms. The highest BCUT2D eigenvalue weighted by Gasteiger charge is 2.08. The molecule has 0 bridgehead atoms. The number of aliphatic imine (C=N–C) groups is 1.